The molecule has 2 aromatic rings. The van der Waals surface area contributed by atoms with E-state index in [9.17, 15) is 4.79 Å². The zero-order valence-corrected chi connectivity index (χ0v) is 12.3. The Morgan fingerprint density at radius 3 is 2.67 bits per heavy atom. The quantitative estimate of drug-likeness (QED) is 0.865. The van der Waals surface area contributed by atoms with Crippen LogP contribution < -0.4 is 0 Å². The summed E-state index contributed by atoms with van der Waals surface area (Å²) in [4.78, 5) is 18.4. The second kappa shape index (κ2) is 5.68. The molecule has 0 spiro atoms. The average Bonchev–Trinajstić information content (AvgIpc) is 2.88. The highest BCUT2D eigenvalue weighted by Crippen LogP contribution is 2.27. The summed E-state index contributed by atoms with van der Waals surface area (Å²) in [7, 11) is 0. The Hall–Kier alpha value is -2.17. The molecule has 1 fully saturated rings. The van der Waals surface area contributed by atoms with Crippen LogP contribution in [0.5, 0.6) is 0 Å². The van der Waals surface area contributed by atoms with E-state index >= 15 is 0 Å². The number of hydrogen-bond donors (Lipinski definition) is 0. The maximum Gasteiger partial charge on any atom is 0.233 e. The highest BCUT2D eigenvalue weighted by atomic mass is 16.5. The monoisotopic (exact) mass is 285 g/mol. The van der Waals surface area contributed by atoms with Crippen LogP contribution in [0.1, 0.15) is 43.0 Å². The van der Waals surface area contributed by atoms with Gasteiger partial charge in [-0.25, -0.2) is 0 Å². The first-order valence-corrected chi connectivity index (χ1v) is 7.28. The van der Waals surface area contributed by atoms with Crippen LogP contribution in [0.2, 0.25) is 0 Å². The molecule has 2 heterocycles. The van der Waals surface area contributed by atoms with Crippen LogP contribution in [-0.2, 0) is 11.2 Å². The van der Waals surface area contributed by atoms with Crippen molar-refractivity contribution in [3.63, 3.8) is 0 Å². The fourth-order valence-electron chi connectivity index (χ4n) is 2.37. The lowest BCUT2D eigenvalue weighted by Crippen LogP contribution is -2.49. The number of benzene rings is 1. The molecule has 21 heavy (non-hydrogen) atoms. The Morgan fingerprint density at radius 1 is 1.33 bits per heavy atom. The van der Waals surface area contributed by atoms with Gasteiger partial charge in [-0.1, -0.05) is 49.3 Å². The van der Waals surface area contributed by atoms with Gasteiger partial charge in [-0.3, -0.25) is 4.79 Å². The van der Waals surface area contributed by atoms with Gasteiger partial charge in [0.15, 0.2) is 5.82 Å². The second-order valence-electron chi connectivity index (χ2n) is 5.80. The minimum absolute atomic E-state index is 0.154. The molecule has 3 rings (SSSR count). The summed E-state index contributed by atoms with van der Waals surface area (Å²) < 4.78 is 5.28. The minimum Gasteiger partial charge on any atom is -0.341 e. The summed E-state index contributed by atoms with van der Waals surface area (Å²) in [5.41, 5.74) is 1.05. The summed E-state index contributed by atoms with van der Waals surface area (Å²) in [6, 6.07) is 9.81. The molecule has 1 amide bonds. The summed E-state index contributed by atoms with van der Waals surface area (Å²) in [5.74, 6) is 1.99. The van der Waals surface area contributed by atoms with E-state index in [2.05, 4.69) is 10.1 Å². The van der Waals surface area contributed by atoms with E-state index in [1.165, 1.54) is 0 Å². The van der Waals surface area contributed by atoms with E-state index in [4.69, 9.17) is 4.52 Å². The topological polar surface area (TPSA) is 59.2 Å². The predicted molar refractivity (Wildman–Crippen MR) is 77.9 cm³/mol. The Balaban J connectivity index is 1.54. The van der Waals surface area contributed by atoms with E-state index in [-0.39, 0.29) is 17.7 Å². The van der Waals surface area contributed by atoms with Crippen LogP contribution in [0.4, 0.5) is 0 Å². The standard InChI is InChI=1S/C16H19N3O2/c1-11(2)15-17-16(21-18-15)13-9-19(10-13)14(20)8-12-6-4-3-5-7-12/h3-7,11,13H,8-10H2,1-2H3. The van der Waals surface area contributed by atoms with Crippen LogP contribution in [0, 0.1) is 0 Å². The third kappa shape index (κ3) is 2.96. The molecule has 1 saturated heterocycles. The van der Waals surface area contributed by atoms with Gasteiger partial charge in [-0.15, -0.1) is 0 Å². The number of nitrogens with zero attached hydrogens (tertiary/aromatic N) is 3. The molecular weight excluding hydrogens is 266 g/mol. The average molecular weight is 285 g/mol. The number of carbonyl (C=O) groups excluding carboxylic acids is 1. The highest BCUT2D eigenvalue weighted by Gasteiger charge is 2.35. The Labute approximate surface area is 124 Å². The molecule has 0 saturated carbocycles. The number of likely N-dealkylation sites (tertiary alicyclic amines) is 1. The molecule has 0 aliphatic carbocycles. The smallest absolute Gasteiger partial charge is 0.233 e. The van der Waals surface area contributed by atoms with Gasteiger partial charge in [0.05, 0.1) is 12.3 Å². The second-order valence-corrected chi connectivity index (χ2v) is 5.80. The van der Waals surface area contributed by atoms with E-state index in [1.807, 2.05) is 49.1 Å². The first-order valence-electron chi connectivity index (χ1n) is 7.28. The largest absolute Gasteiger partial charge is 0.341 e. The molecule has 1 aromatic carbocycles. The first-order chi connectivity index (χ1) is 10.1. The Kier molecular flexibility index (Phi) is 3.73. The van der Waals surface area contributed by atoms with Crippen LogP contribution in [0.25, 0.3) is 0 Å². The molecule has 110 valence electrons. The van der Waals surface area contributed by atoms with E-state index in [0.717, 1.165) is 11.4 Å². The van der Waals surface area contributed by atoms with Gasteiger partial charge in [0.1, 0.15) is 0 Å². The molecule has 5 nitrogen and oxygen atoms in total. The van der Waals surface area contributed by atoms with E-state index in [0.29, 0.717) is 25.4 Å². The maximum atomic E-state index is 12.1. The lowest BCUT2D eigenvalue weighted by Gasteiger charge is -2.37. The van der Waals surface area contributed by atoms with Crippen LogP contribution >= 0.6 is 0 Å². The van der Waals surface area contributed by atoms with Crippen molar-refractivity contribution in [2.45, 2.75) is 32.1 Å². The maximum absolute atomic E-state index is 12.1. The van der Waals surface area contributed by atoms with E-state index in [1.54, 1.807) is 0 Å². The normalized spacial score (nSPS) is 15.3. The lowest BCUT2D eigenvalue weighted by atomic mass is 9.98. The molecule has 5 heteroatoms. The Bertz CT molecular complexity index is 615. The van der Waals surface area contributed by atoms with Crippen molar-refractivity contribution in [3.8, 4) is 0 Å². The third-order valence-corrected chi connectivity index (χ3v) is 3.76. The highest BCUT2D eigenvalue weighted by molar-refractivity contribution is 5.79. The van der Waals surface area contributed by atoms with E-state index < -0.39 is 0 Å². The first kappa shape index (κ1) is 13.8. The predicted octanol–water partition coefficient (Wildman–Crippen LogP) is 2.36. The van der Waals surface area contributed by atoms with Gasteiger partial charge in [0, 0.05) is 19.0 Å². The van der Waals surface area contributed by atoms with Gasteiger partial charge >= 0.3 is 0 Å². The third-order valence-electron chi connectivity index (χ3n) is 3.76. The molecule has 0 atom stereocenters. The summed E-state index contributed by atoms with van der Waals surface area (Å²) >= 11 is 0. The number of rotatable bonds is 4. The molecule has 1 aliphatic rings. The molecule has 1 aromatic heterocycles. The molecule has 0 unspecified atom stereocenters. The molecule has 0 bridgehead atoms. The SMILES string of the molecule is CC(C)c1noc(C2CN(C(=O)Cc3ccccc3)C2)n1. The molecule has 0 radical (unpaired) electrons. The molecule has 0 N–H and O–H groups in total. The number of amides is 1. The lowest BCUT2D eigenvalue weighted by molar-refractivity contribution is -0.135. The van der Waals surface area contributed by atoms with Crippen LogP contribution in [-0.4, -0.2) is 34.0 Å². The summed E-state index contributed by atoms with van der Waals surface area (Å²) in [6.45, 7) is 5.41. The summed E-state index contributed by atoms with van der Waals surface area (Å²) in [6.07, 6.45) is 0.453. The number of carbonyl (C=O) groups is 1. The van der Waals surface area contributed by atoms with Gasteiger partial charge in [0.2, 0.25) is 11.8 Å². The zero-order chi connectivity index (χ0) is 14.8. The zero-order valence-electron chi connectivity index (χ0n) is 12.3. The van der Waals surface area contributed by atoms with Gasteiger partial charge in [-0.2, -0.15) is 4.98 Å². The van der Waals surface area contributed by atoms with Crippen molar-refractivity contribution < 1.29 is 9.32 Å². The van der Waals surface area contributed by atoms with Crippen molar-refractivity contribution in [3.05, 3.63) is 47.6 Å². The molecule has 1 aliphatic heterocycles. The summed E-state index contributed by atoms with van der Waals surface area (Å²) in [5, 5.41) is 3.97. The fraction of sp³-hybridized carbons (Fsp3) is 0.438. The minimum atomic E-state index is 0.154. The van der Waals surface area contributed by atoms with Crippen molar-refractivity contribution in [1.82, 2.24) is 15.0 Å². The van der Waals surface area contributed by atoms with Crippen molar-refractivity contribution in [1.29, 1.82) is 0 Å². The van der Waals surface area contributed by atoms with Crippen LogP contribution in [0.15, 0.2) is 34.9 Å². The number of aromatic nitrogens is 2. The van der Waals surface area contributed by atoms with Gasteiger partial charge in [-0.05, 0) is 5.56 Å². The van der Waals surface area contributed by atoms with Gasteiger partial charge in [0.25, 0.3) is 0 Å². The van der Waals surface area contributed by atoms with Gasteiger partial charge < -0.3 is 9.42 Å². The van der Waals surface area contributed by atoms with Crippen molar-refractivity contribution in [2.24, 2.45) is 0 Å². The Morgan fingerprint density at radius 2 is 2.05 bits per heavy atom. The number of hydrogen-bond acceptors (Lipinski definition) is 4. The molecular formula is C16H19N3O2. The van der Waals surface area contributed by atoms with Crippen LogP contribution in [0.3, 0.4) is 0 Å². The van der Waals surface area contributed by atoms with Crippen molar-refractivity contribution >= 4 is 5.91 Å². The fourth-order valence-corrected chi connectivity index (χ4v) is 2.37. The van der Waals surface area contributed by atoms with Crippen molar-refractivity contribution in [2.75, 3.05) is 13.1 Å².